The molecule has 0 aromatic rings. The predicted molar refractivity (Wildman–Crippen MR) is 60.6 cm³/mol. The molecule has 1 amide bonds. The number of likely N-dealkylation sites (tertiary alicyclic amines) is 1. The molecule has 2 saturated heterocycles. The van der Waals surface area contributed by atoms with Gasteiger partial charge in [0.25, 0.3) is 0 Å². The molecule has 2 fully saturated rings. The van der Waals surface area contributed by atoms with Crippen molar-refractivity contribution in [3.63, 3.8) is 0 Å². The Balaban J connectivity index is 1.92. The zero-order chi connectivity index (χ0) is 10.7. The van der Waals surface area contributed by atoms with Crippen LogP contribution < -0.4 is 5.32 Å². The number of hydrogen-bond acceptors (Lipinski definition) is 2. The zero-order valence-corrected chi connectivity index (χ0v) is 9.67. The van der Waals surface area contributed by atoms with Gasteiger partial charge in [0.15, 0.2) is 0 Å². The van der Waals surface area contributed by atoms with E-state index in [2.05, 4.69) is 17.1 Å². The minimum absolute atomic E-state index is 0.249. The van der Waals surface area contributed by atoms with Gasteiger partial charge in [0.05, 0.1) is 5.92 Å². The van der Waals surface area contributed by atoms with Crippen molar-refractivity contribution < 1.29 is 4.79 Å². The van der Waals surface area contributed by atoms with Gasteiger partial charge in [-0.15, -0.1) is 0 Å². The smallest absolute Gasteiger partial charge is 0.227 e. The van der Waals surface area contributed by atoms with Crippen LogP contribution in [0, 0.1) is 5.92 Å². The lowest BCUT2D eigenvalue weighted by Gasteiger charge is -2.37. The molecule has 2 heterocycles. The topological polar surface area (TPSA) is 32.3 Å². The number of nitrogens with one attached hydrogen (secondary N) is 1. The van der Waals surface area contributed by atoms with E-state index in [9.17, 15) is 4.79 Å². The summed E-state index contributed by atoms with van der Waals surface area (Å²) in [6.45, 7) is 5.14. The lowest BCUT2D eigenvalue weighted by atomic mass is 9.95. The van der Waals surface area contributed by atoms with Gasteiger partial charge in [-0.25, -0.2) is 0 Å². The molecule has 2 rings (SSSR count). The first kappa shape index (κ1) is 10.9. The van der Waals surface area contributed by atoms with Crippen molar-refractivity contribution in [3.8, 4) is 0 Å². The summed E-state index contributed by atoms with van der Waals surface area (Å²) in [7, 11) is 0. The van der Waals surface area contributed by atoms with Crippen LogP contribution in [0.2, 0.25) is 0 Å². The molecule has 86 valence electrons. The fourth-order valence-corrected chi connectivity index (χ4v) is 2.72. The molecule has 0 radical (unpaired) electrons. The second-order valence-corrected chi connectivity index (χ2v) is 4.92. The van der Waals surface area contributed by atoms with E-state index in [-0.39, 0.29) is 5.92 Å². The number of hydrogen-bond donors (Lipinski definition) is 1. The Kier molecular flexibility index (Phi) is 3.62. The van der Waals surface area contributed by atoms with Crippen molar-refractivity contribution in [2.24, 2.45) is 5.92 Å². The van der Waals surface area contributed by atoms with E-state index in [1.54, 1.807) is 0 Å². The summed E-state index contributed by atoms with van der Waals surface area (Å²) in [5.74, 6) is 0.647. The first-order chi connectivity index (χ1) is 7.29. The van der Waals surface area contributed by atoms with E-state index in [1.807, 2.05) is 0 Å². The molecule has 2 aliphatic rings. The maximum absolute atomic E-state index is 12.2. The molecule has 15 heavy (non-hydrogen) atoms. The van der Waals surface area contributed by atoms with Crippen molar-refractivity contribution >= 4 is 5.91 Å². The van der Waals surface area contributed by atoms with E-state index >= 15 is 0 Å². The van der Waals surface area contributed by atoms with E-state index in [4.69, 9.17) is 0 Å². The van der Waals surface area contributed by atoms with Crippen molar-refractivity contribution in [2.75, 3.05) is 19.6 Å². The van der Waals surface area contributed by atoms with Crippen molar-refractivity contribution in [1.82, 2.24) is 10.2 Å². The molecule has 3 nitrogen and oxygen atoms in total. The highest BCUT2D eigenvalue weighted by Crippen LogP contribution is 2.21. The molecule has 0 spiro atoms. The van der Waals surface area contributed by atoms with Crippen molar-refractivity contribution in [3.05, 3.63) is 0 Å². The average Bonchev–Trinajstić information content (AvgIpc) is 2.30. The van der Waals surface area contributed by atoms with Gasteiger partial charge >= 0.3 is 0 Å². The van der Waals surface area contributed by atoms with Gasteiger partial charge in [-0.2, -0.15) is 0 Å². The number of amides is 1. The van der Waals surface area contributed by atoms with E-state index in [0.717, 1.165) is 32.5 Å². The van der Waals surface area contributed by atoms with Gasteiger partial charge in [0.2, 0.25) is 5.91 Å². The van der Waals surface area contributed by atoms with E-state index in [0.29, 0.717) is 11.9 Å². The molecular weight excluding hydrogens is 188 g/mol. The minimum atomic E-state index is 0.249. The summed E-state index contributed by atoms with van der Waals surface area (Å²) in [5.41, 5.74) is 0. The molecule has 0 aromatic heterocycles. The highest BCUT2D eigenvalue weighted by atomic mass is 16.2. The summed E-state index contributed by atoms with van der Waals surface area (Å²) < 4.78 is 0. The molecule has 0 aromatic carbocycles. The van der Waals surface area contributed by atoms with Crippen LogP contribution in [0.25, 0.3) is 0 Å². The third-order valence-corrected chi connectivity index (χ3v) is 3.73. The van der Waals surface area contributed by atoms with Crippen LogP contribution in [0.5, 0.6) is 0 Å². The number of carbonyl (C=O) groups is 1. The Hall–Kier alpha value is -0.570. The average molecular weight is 210 g/mol. The van der Waals surface area contributed by atoms with Crippen LogP contribution in [0.4, 0.5) is 0 Å². The van der Waals surface area contributed by atoms with Crippen LogP contribution in [0.1, 0.15) is 39.0 Å². The molecule has 0 aliphatic carbocycles. The van der Waals surface area contributed by atoms with Gasteiger partial charge in [-0.05, 0) is 45.6 Å². The summed E-state index contributed by atoms with van der Waals surface area (Å²) in [4.78, 5) is 14.4. The molecule has 3 heteroatoms. The largest absolute Gasteiger partial charge is 0.340 e. The van der Waals surface area contributed by atoms with Crippen molar-refractivity contribution in [1.29, 1.82) is 0 Å². The van der Waals surface area contributed by atoms with Crippen LogP contribution in [0.3, 0.4) is 0 Å². The second-order valence-electron chi connectivity index (χ2n) is 4.92. The number of rotatable bonds is 1. The lowest BCUT2D eigenvalue weighted by molar-refractivity contribution is -0.139. The second kappa shape index (κ2) is 4.97. The van der Waals surface area contributed by atoms with Gasteiger partial charge in [-0.1, -0.05) is 0 Å². The van der Waals surface area contributed by atoms with Crippen LogP contribution in [-0.4, -0.2) is 36.5 Å². The van der Waals surface area contributed by atoms with Crippen molar-refractivity contribution in [2.45, 2.75) is 45.1 Å². The number of carbonyl (C=O) groups excluding carboxylic acids is 1. The van der Waals surface area contributed by atoms with E-state index in [1.165, 1.54) is 19.3 Å². The first-order valence-electron chi connectivity index (χ1n) is 6.30. The van der Waals surface area contributed by atoms with Gasteiger partial charge in [0.1, 0.15) is 0 Å². The molecule has 0 saturated carbocycles. The third-order valence-electron chi connectivity index (χ3n) is 3.73. The Morgan fingerprint density at radius 1 is 1.27 bits per heavy atom. The zero-order valence-electron chi connectivity index (χ0n) is 9.67. The Bertz CT molecular complexity index is 224. The predicted octanol–water partition coefficient (Wildman–Crippen LogP) is 1.39. The van der Waals surface area contributed by atoms with Crippen LogP contribution in [-0.2, 0) is 4.79 Å². The summed E-state index contributed by atoms with van der Waals surface area (Å²) in [6.07, 6.45) is 5.89. The minimum Gasteiger partial charge on any atom is -0.340 e. The van der Waals surface area contributed by atoms with Gasteiger partial charge in [0, 0.05) is 19.1 Å². The summed E-state index contributed by atoms with van der Waals surface area (Å²) in [5, 5.41) is 3.32. The Morgan fingerprint density at radius 3 is 2.80 bits per heavy atom. The first-order valence-corrected chi connectivity index (χ1v) is 6.30. The summed E-state index contributed by atoms with van der Waals surface area (Å²) >= 11 is 0. The summed E-state index contributed by atoms with van der Waals surface area (Å²) in [6, 6.07) is 0.466. The quantitative estimate of drug-likeness (QED) is 0.709. The van der Waals surface area contributed by atoms with Crippen LogP contribution in [0.15, 0.2) is 0 Å². The molecule has 0 bridgehead atoms. The third kappa shape index (κ3) is 2.51. The molecular formula is C12H22N2O. The number of piperidine rings is 2. The monoisotopic (exact) mass is 210 g/mol. The van der Waals surface area contributed by atoms with E-state index < -0.39 is 0 Å². The normalized spacial score (nSPS) is 32.7. The lowest BCUT2D eigenvalue weighted by Crippen LogP contribution is -2.48. The Labute approximate surface area is 92.2 Å². The molecule has 1 N–H and O–H groups in total. The molecule has 2 atom stereocenters. The molecule has 0 unspecified atom stereocenters. The van der Waals surface area contributed by atoms with Gasteiger partial charge in [-0.3, -0.25) is 4.79 Å². The highest BCUT2D eigenvalue weighted by Gasteiger charge is 2.29. The Morgan fingerprint density at radius 2 is 2.13 bits per heavy atom. The maximum atomic E-state index is 12.2. The standard InChI is InChI=1S/C12H22N2O/c1-10-5-2-3-8-14(10)12(15)11-6-4-7-13-9-11/h10-11,13H,2-9H2,1H3/t10-,11-/m0/s1. The van der Waals surface area contributed by atoms with Crippen LogP contribution >= 0.6 is 0 Å². The highest BCUT2D eigenvalue weighted by molar-refractivity contribution is 5.79. The SMILES string of the molecule is C[C@H]1CCCCN1C(=O)[C@H]1CCCNC1. The fraction of sp³-hybridized carbons (Fsp3) is 0.917. The number of nitrogens with zero attached hydrogens (tertiary/aromatic N) is 1. The van der Waals surface area contributed by atoms with Gasteiger partial charge < -0.3 is 10.2 Å². The molecule has 2 aliphatic heterocycles. The maximum Gasteiger partial charge on any atom is 0.227 e. The fourth-order valence-electron chi connectivity index (χ4n) is 2.72.